The van der Waals surface area contributed by atoms with Crippen LogP contribution >= 0.6 is 0 Å². The van der Waals surface area contributed by atoms with E-state index in [2.05, 4.69) is 15.5 Å². The fourth-order valence-electron chi connectivity index (χ4n) is 3.87. The Labute approximate surface area is 186 Å². The number of likely N-dealkylation sites (N-methyl/N-ethyl adjacent to an activating group) is 1. The molecule has 0 radical (unpaired) electrons. The molecule has 3 heterocycles. The van der Waals surface area contributed by atoms with Crippen molar-refractivity contribution in [2.75, 3.05) is 27.7 Å². The highest BCUT2D eigenvalue weighted by atomic mass is 16.5. The summed E-state index contributed by atoms with van der Waals surface area (Å²) in [6.45, 7) is 1.88. The molecular weight excluding hydrogens is 410 g/mol. The molecule has 10 nitrogen and oxygen atoms in total. The molecule has 170 valence electrons. The van der Waals surface area contributed by atoms with Crippen LogP contribution in [0.2, 0.25) is 0 Å². The molecule has 1 atom stereocenters. The van der Waals surface area contributed by atoms with E-state index in [-0.39, 0.29) is 17.6 Å². The van der Waals surface area contributed by atoms with Crippen molar-refractivity contribution >= 4 is 5.91 Å². The van der Waals surface area contributed by atoms with E-state index in [9.17, 15) is 9.59 Å². The first-order valence-corrected chi connectivity index (χ1v) is 10.8. The Morgan fingerprint density at radius 1 is 1.28 bits per heavy atom. The number of carbonyl (C=O) groups excluding carboxylic acids is 1. The molecule has 32 heavy (non-hydrogen) atoms. The second-order valence-corrected chi connectivity index (χ2v) is 8.22. The fraction of sp³-hybridized carbons (Fsp3) is 0.455. The summed E-state index contributed by atoms with van der Waals surface area (Å²) >= 11 is 0. The van der Waals surface area contributed by atoms with Gasteiger partial charge in [-0.3, -0.25) is 9.36 Å². The molecule has 1 unspecified atom stereocenters. The van der Waals surface area contributed by atoms with Gasteiger partial charge in [0, 0.05) is 31.7 Å². The number of hydrogen-bond acceptors (Lipinski definition) is 6. The topological polar surface area (TPSA) is 99.2 Å². The average molecular weight is 440 g/mol. The summed E-state index contributed by atoms with van der Waals surface area (Å²) in [5.74, 6) is 1.28. The minimum atomic E-state index is -0.181. The van der Waals surface area contributed by atoms with Crippen LogP contribution in [0.25, 0.3) is 5.69 Å². The Morgan fingerprint density at radius 3 is 2.88 bits per heavy atom. The molecule has 3 aromatic rings. The van der Waals surface area contributed by atoms with Crippen LogP contribution in [0.3, 0.4) is 0 Å². The van der Waals surface area contributed by atoms with Crippen LogP contribution in [-0.2, 0) is 19.5 Å². The van der Waals surface area contributed by atoms with E-state index in [1.54, 1.807) is 33.4 Å². The van der Waals surface area contributed by atoms with Crippen LogP contribution in [0.15, 0.2) is 41.5 Å². The molecule has 0 spiro atoms. The molecule has 0 saturated heterocycles. The normalized spacial score (nSPS) is 15.9. The number of aryl methyl sites for hydroxylation is 1. The number of ether oxygens (including phenoxy) is 1. The molecule has 1 aliphatic heterocycles. The molecule has 1 aliphatic rings. The lowest BCUT2D eigenvalue weighted by molar-refractivity contribution is 0.0933. The largest absolute Gasteiger partial charge is 0.494 e. The van der Waals surface area contributed by atoms with E-state index in [4.69, 9.17) is 4.74 Å². The summed E-state index contributed by atoms with van der Waals surface area (Å²) in [4.78, 5) is 27.5. The number of para-hydroxylation sites is 2. The molecule has 0 aliphatic carbocycles. The lowest BCUT2D eigenvalue weighted by atomic mass is 10.1. The Hall–Kier alpha value is -3.40. The quantitative estimate of drug-likeness (QED) is 0.588. The molecular formula is C22H29N7O3. The summed E-state index contributed by atoms with van der Waals surface area (Å²) in [5, 5.41) is 11.9. The zero-order valence-electron chi connectivity index (χ0n) is 18.7. The number of fused-ring (bicyclic) bond motifs is 1. The lowest BCUT2D eigenvalue weighted by Gasteiger charge is -2.15. The van der Waals surface area contributed by atoms with Crippen molar-refractivity contribution in [3.05, 3.63) is 58.5 Å². The van der Waals surface area contributed by atoms with Crippen molar-refractivity contribution in [3.63, 3.8) is 0 Å². The van der Waals surface area contributed by atoms with Crippen LogP contribution in [0.1, 0.15) is 29.0 Å². The van der Waals surface area contributed by atoms with Gasteiger partial charge in [-0.25, -0.2) is 14.2 Å². The molecule has 0 fully saturated rings. The molecule has 0 saturated carbocycles. The van der Waals surface area contributed by atoms with E-state index in [0.717, 1.165) is 24.5 Å². The number of nitrogens with one attached hydrogen (secondary N) is 1. The molecule has 4 rings (SSSR count). The molecule has 2 aromatic heterocycles. The highest BCUT2D eigenvalue weighted by Gasteiger charge is 2.23. The zero-order valence-corrected chi connectivity index (χ0v) is 18.7. The van der Waals surface area contributed by atoms with Crippen LogP contribution in [0.5, 0.6) is 5.75 Å². The smallest absolute Gasteiger partial charge is 0.345 e. The molecule has 10 heteroatoms. The molecule has 1 aromatic carbocycles. The predicted octanol–water partition coefficient (Wildman–Crippen LogP) is 0.936. The minimum Gasteiger partial charge on any atom is -0.494 e. The summed E-state index contributed by atoms with van der Waals surface area (Å²) in [6.07, 6.45) is 5.30. The third kappa shape index (κ3) is 4.59. The summed E-state index contributed by atoms with van der Waals surface area (Å²) in [7, 11) is 5.54. The van der Waals surface area contributed by atoms with Crippen molar-refractivity contribution in [2.24, 2.45) is 0 Å². The van der Waals surface area contributed by atoms with E-state index in [1.165, 1.54) is 0 Å². The highest BCUT2D eigenvalue weighted by molar-refractivity contribution is 5.94. The number of methoxy groups -OCH3 is 1. The van der Waals surface area contributed by atoms with Crippen molar-refractivity contribution < 1.29 is 9.53 Å². The van der Waals surface area contributed by atoms with Gasteiger partial charge in [-0.2, -0.15) is 10.2 Å². The molecule has 0 bridgehead atoms. The third-order valence-corrected chi connectivity index (χ3v) is 5.69. The average Bonchev–Trinajstić information content (AvgIpc) is 3.33. The van der Waals surface area contributed by atoms with E-state index >= 15 is 0 Å². The van der Waals surface area contributed by atoms with E-state index < -0.39 is 0 Å². The summed E-state index contributed by atoms with van der Waals surface area (Å²) in [5.41, 5.74) is 1.16. The van der Waals surface area contributed by atoms with Gasteiger partial charge in [0.25, 0.3) is 5.91 Å². The predicted molar refractivity (Wildman–Crippen MR) is 119 cm³/mol. The number of aromatic nitrogens is 5. The number of carbonyl (C=O) groups is 1. The van der Waals surface area contributed by atoms with Gasteiger partial charge < -0.3 is 15.0 Å². The number of nitrogens with zero attached hydrogens (tertiary/aromatic N) is 6. The van der Waals surface area contributed by atoms with Crippen molar-refractivity contribution in [3.8, 4) is 11.4 Å². The van der Waals surface area contributed by atoms with Gasteiger partial charge in [-0.15, -0.1) is 0 Å². The Bertz CT molecular complexity index is 1140. The van der Waals surface area contributed by atoms with Gasteiger partial charge in [0.15, 0.2) is 0 Å². The van der Waals surface area contributed by atoms with Gasteiger partial charge in [-0.05, 0) is 39.1 Å². The van der Waals surface area contributed by atoms with Crippen LogP contribution < -0.4 is 15.7 Å². The van der Waals surface area contributed by atoms with Crippen molar-refractivity contribution in [1.29, 1.82) is 0 Å². The summed E-state index contributed by atoms with van der Waals surface area (Å²) in [6, 6.07) is 7.47. The van der Waals surface area contributed by atoms with E-state index in [1.807, 2.05) is 43.3 Å². The highest BCUT2D eigenvalue weighted by Crippen LogP contribution is 2.21. The van der Waals surface area contributed by atoms with Gasteiger partial charge >= 0.3 is 5.69 Å². The number of rotatable bonds is 7. The second kappa shape index (κ2) is 9.39. The Kier molecular flexibility index (Phi) is 6.40. The third-order valence-electron chi connectivity index (χ3n) is 5.69. The first-order valence-electron chi connectivity index (χ1n) is 10.8. The molecule has 1 N–H and O–H groups in total. The first-order chi connectivity index (χ1) is 15.5. The van der Waals surface area contributed by atoms with Crippen LogP contribution in [-0.4, -0.2) is 68.7 Å². The zero-order chi connectivity index (χ0) is 22.7. The van der Waals surface area contributed by atoms with Gasteiger partial charge in [0.1, 0.15) is 17.3 Å². The monoisotopic (exact) mass is 439 g/mol. The van der Waals surface area contributed by atoms with Crippen LogP contribution in [0, 0.1) is 0 Å². The maximum atomic E-state index is 12.8. The van der Waals surface area contributed by atoms with E-state index in [0.29, 0.717) is 37.2 Å². The minimum absolute atomic E-state index is 0.0339. The first kappa shape index (κ1) is 21.8. The lowest BCUT2D eigenvalue weighted by Crippen LogP contribution is -2.36. The fourth-order valence-corrected chi connectivity index (χ4v) is 3.87. The Morgan fingerprint density at radius 2 is 2.09 bits per heavy atom. The number of hydrogen-bond donors (Lipinski definition) is 1. The van der Waals surface area contributed by atoms with Gasteiger partial charge in [0.2, 0.25) is 0 Å². The summed E-state index contributed by atoms with van der Waals surface area (Å²) < 4.78 is 10.3. The van der Waals surface area contributed by atoms with Crippen molar-refractivity contribution in [2.45, 2.75) is 38.4 Å². The maximum Gasteiger partial charge on any atom is 0.345 e. The number of benzene rings is 1. The Balaban J connectivity index is 1.40. The SMILES string of the molecule is COc1ccccc1-n1cc(C(=O)NC2CCc3nn(CCN(C)C)c(=O)n3CC2)cn1. The maximum absolute atomic E-state index is 12.8. The van der Waals surface area contributed by atoms with Gasteiger partial charge in [-0.1, -0.05) is 12.1 Å². The standard InChI is InChI=1S/C22H29N7O3/c1-26(2)12-13-28-22(31)27-11-10-17(8-9-20(27)25-28)24-21(30)16-14-23-29(15-16)18-6-4-5-7-19(18)32-3/h4-7,14-15,17H,8-13H2,1-3H3,(H,24,30). The van der Waals surface area contributed by atoms with Crippen LogP contribution in [0.4, 0.5) is 0 Å². The number of amides is 1. The molecule has 1 amide bonds. The van der Waals surface area contributed by atoms with Crippen molar-refractivity contribution in [1.82, 2.24) is 34.3 Å². The second-order valence-electron chi connectivity index (χ2n) is 8.22. The van der Waals surface area contributed by atoms with Gasteiger partial charge in [0.05, 0.1) is 25.4 Å².